The quantitative estimate of drug-likeness (QED) is 0.524. The Labute approximate surface area is 175 Å². The van der Waals surface area contributed by atoms with Crippen molar-refractivity contribution in [2.24, 2.45) is 7.05 Å². The zero-order chi connectivity index (χ0) is 21.3. The predicted molar refractivity (Wildman–Crippen MR) is 119 cm³/mol. The normalized spacial score (nSPS) is 10.9. The SMILES string of the molecule is CCc1ccccc1NC(=O)c1cc(-c2ccc(OC)cc2)nc2c1c(C)nn2C. The summed E-state index contributed by atoms with van der Waals surface area (Å²) in [6.45, 7) is 3.97. The van der Waals surface area contributed by atoms with Gasteiger partial charge in [0.05, 0.1) is 29.4 Å². The number of hydrogen-bond donors (Lipinski definition) is 1. The molecular formula is C24H24N4O2. The molecule has 2 heterocycles. The maximum Gasteiger partial charge on any atom is 0.256 e. The first-order valence-corrected chi connectivity index (χ1v) is 9.89. The molecule has 0 aliphatic carbocycles. The van der Waals surface area contributed by atoms with Crippen LogP contribution in [0.5, 0.6) is 5.75 Å². The predicted octanol–water partition coefficient (Wildman–Crippen LogP) is 4.77. The Morgan fingerprint density at radius 2 is 1.87 bits per heavy atom. The van der Waals surface area contributed by atoms with E-state index in [0.717, 1.165) is 40.1 Å². The molecule has 0 saturated heterocycles. The number of amides is 1. The molecule has 0 saturated carbocycles. The third kappa shape index (κ3) is 3.52. The molecular weight excluding hydrogens is 376 g/mol. The molecule has 0 radical (unpaired) electrons. The van der Waals surface area contributed by atoms with E-state index in [1.165, 1.54) is 0 Å². The van der Waals surface area contributed by atoms with Crippen molar-refractivity contribution in [3.63, 3.8) is 0 Å². The summed E-state index contributed by atoms with van der Waals surface area (Å²) in [5.41, 5.74) is 5.53. The highest BCUT2D eigenvalue weighted by Gasteiger charge is 2.20. The largest absolute Gasteiger partial charge is 0.497 e. The maximum absolute atomic E-state index is 13.3. The Bertz CT molecular complexity index is 1230. The van der Waals surface area contributed by atoms with E-state index in [1.54, 1.807) is 11.8 Å². The summed E-state index contributed by atoms with van der Waals surface area (Å²) in [4.78, 5) is 18.1. The number of para-hydroxylation sites is 1. The Morgan fingerprint density at radius 1 is 1.13 bits per heavy atom. The number of fused-ring (bicyclic) bond motifs is 1. The number of ether oxygens (including phenoxy) is 1. The van der Waals surface area contributed by atoms with E-state index < -0.39 is 0 Å². The highest BCUT2D eigenvalue weighted by molar-refractivity contribution is 6.13. The van der Waals surface area contributed by atoms with Crippen molar-refractivity contribution in [2.75, 3.05) is 12.4 Å². The van der Waals surface area contributed by atoms with Crippen molar-refractivity contribution in [3.8, 4) is 17.0 Å². The number of benzene rings is 2. The first kappa shape index (κ1) is 19.6. The van der Waals surface area contributed by atoms with Crippen LogP contribution in [0.1, 0.15) is 28.5 Å². The van der Waals surface area contributed by atoms with Crippen molar-refractivity contribution in [2.45, 2.75) is 20.3 Å². The second-order valence-electron chi connectivity index (χ2n) is 7.16. The van der Waals surface area contributed by atoms with Gasteiger partial charge in [-0.15, -0.1) is 0 Å². The summed E-state index contributed by atoms with van der Waals surface area (Å²) in [7, 11) is 3.47. The summed E-state index contributed by atoms with van der Waals surface area (Å²) < 4.78 is 6.97. The number of carbonyl (C=O) groups is 1. The molecule has 0 fully saturated rings. The van der Waals surface area contributed by atoms with Gasteiger partial charge in [-0.2, -0.15) is 5.10 Å². The van der Waals surface area contributed by atoms with Crippen LogP contribution < -0.4 is 10.1 Å². The molecule has 1 N–H and O–H groups in total. The second-order valence-corrected chi connectivity index (χ2v) is 7.16. The van der Waals surface area contributed by atoms with Gasteiger partial charge in [0.2, 0.25) is 0 Å². The van der Waals surface area contributed by atoms with Crippen molar-refractivity contribution in [1.29, 1.82) is 0 Å². The van der Waals surface area contributed by atoms with E-state index in [4.69, 9.17) is 9.72 Å². The monoisotopic (exact) mass is 400 g/mol. The Balaban J connectivity index is 1.83. The molecule has 2 aromatic carbocycles. The van der Waals surface area contributed by atoms with Crippen LogP contribution >= 0.6 is 0 Å². The number of methoxy groups -OCH3 is 1. The third-order valence-corrected chi connectivity index (χ3v) is 5.25. The van der Waals surface area contributed by atoms with Gasteiger partial charge in [-0.1, -0.05) is 25.1 Å². The molecule has 152 valence electrons. The van der Waals surface area contributed by atoms with Crippen LogP contribution in [-0.2, 0) is 13.5 Å². The smallest absolute Gasteiger partial charge is 0.256 e. The lowest BCUT2D eigenvalue weighted by Crippen LogP contribution is -2.14. The maximum atomic E-state index is 13.3. The van der Waals surface area contributed by atoms with E-state index in [1.807, 2.05) is 68.6 Å². The number of nitrogens with one attached hydrogen (secondary N) is 1. The summed E-state index contributed by atoms with van der Waals surface area (Å²) >= 11 is 0. The standard InChI is InChI=1S/C24H24N4O2/c1-5-16-8-6-7-9-20(16)26-24(29)19-14-21(17-10-12-18(30-4)13-11-17)25-23-22(19)15(2)27-28(23)3/h6-14H,5H2,1-4H3,(H,26,29). The van der Waals surface area contributed by atoms with E-state index in [-0.39, 0.29) is 5.91 Å². The molecule has 0 bridgehead atoms. The summed E-state index contributed by atoms with van der Waals surface area (Å²) in [5.74, 6) is 0.597. The summed E-state index contributed by atoms with van der Waals surface area (Å²) in [6.07, 6.45) is 0.839. The molecule has 1 amide bonds. The van der Waals surface area contributed by atoms with Crippen molar-refractivity contribution < 1.29 is 9.53 Å². The number of rotatable bonds is 5. The van der Waals surface area contributed by atoms with Crippen LogP contribution in [0.4, 0.5) is 5.69 Å². The fourth-order valence-corrected chi connectivity index (χ4v) is 3.67. The Kier molecular flexibility index (Phi) is 5.23. The van der Waals surface area contributed by atoms with E-state index in [9.17, 15) is 4.79 Å². The summed E-state index contributed by atoms with van der Waals surface area (Å²) in [6, 6.07) is 17.3. The van der Waals surface area contributed by atoms with Gasteiger partial charge in [0.25, 0.3) is 5.91 Å². The Morgan fingerprint density at radius 3 is 2.57 bits per heavy atom. The number of hydrogen-bond acceptors (Lipinski definition) is 4. The van der Waals surface area contributed by atoms with Crippen LogP contribution in [0.15, 0.2) is 54.6 Å². The zero-order valence-corrected chi connectivity index (χ0v) is 17.6. The zero-order valence-electron chi connectivity index (χ0n) is 17.6. The van der Waals surface area contributed by atoms with Gasteiger partial charge in [-0.3, -0.25) is 9.48 Å². The lowest BCUT2D eigenvalue weighted by atomic mass is 10.0. The summed E-state index contributed by atoms with van der Waals surface area (Å²) in [5, 5.41) is 8.33. The van der Waals surface area contributed by atoms with E-state index in [2.05, 4.69) is 17.3 Å². The van der Waals surface area contributed by atoms with E-state index in [0.29, 0.717) is 16.9 Å². The first-order chi connectivity index (χ1) is 14.5. The number of anilines is 1. The number of pyridine rings is 1. The van der Waals surface area contributed by atoms with Crippen molar-refractivity contribution >= 4 is 22.6 Å². The fourth-order valence-electron chi connectivity index (χ4n) is 3.67. The van der Waals surface area contributed by atoms with E-state index >= 15 is 0 Å². The van der Waals surface area contributed by atoms with Crippen LogP contribution in [-0.4, -0.2) is 27.8 Å². The van der Waals surface area contributed by atoms with Gasteiger partial charge in [0, 0.05) is 18.3 Å². The van der Waals surface area contributed by atoms with Gasteiger partial charge in [0.15, 0.2) is 5.65 Å². The molecule has 4 aromatic rings. The fraction of sp³-hybridized carbons (Fsp3) is 0.208. The van der Waals surface area contributed by atoms with Crippen LogP contribution in [0.3, 0.4) is 0 Å². The van der Waals surface area contributed by atoms with Crippen LogP contribution in [0.25, 0.3) is 22.3 Å². The molecule has 0 spiro atoms. The van der Waals surface area contributed by atoms with Gasteiger partial charge in [0.1, 0.15) is 5.75 Å². The molecule has 6 nitrogen and oxygen atoms in total. The molecule has 30 heavy (non-hydrogen) atoms. The Hall–Kier alpha value is -3.67. The third-order valence-electron chi connectivity index (χ3n) is 5.25. The van der Waals surface area contributed by atoms with Crippen molar-refractivity contribution in [1.82, 2.24) is 14.8 Å². The molecule has 6 heteroatoms. The minimum Gasteiger partial charge on any atom is -0.497 e. The van der Waals surface area contributed by atoms with Crippen LogP contribution in [0.2, 0.25) is 0 Å². The number of nitrogens with zero attached hydrogens (tertiary/aromatic N) is 3. The van der Waals surface area contributed by atoms with Crippen LogP contribution in [0, 0.1) is 6.92 Å². The van der Waals surface area contributed by atoms with Gasteiger partial charge in [-0.25, -0.2) is 4.98 Å². The molecule has 0 aliphatic rings. The molecule has 4 rings (SSSR count). The number of aryl methyl sites for hydroxylation is 3. The second kappa shape index (κ2) is 7.99. The molecule has 0 atom stereocenters. The highest BCUT2D eigenvalue weighted by atomic mass is 16.5. The lowest BCUT2D eigenvalue weighted by molar-refractivity contribution is 0.102. The highest BCUT2D eigenvalue weighted by Crippen LogP contribution is 2.29. The van der Waals surface area contributed by atoms with Gasteiger partial charge < -0.3 is 10.1 Å². The van der Waals surface area contributed by atoms with Gasteiger partial charge >= 0.3 is 0 Å². The van der Waals surface area contributed by atoms with Gasteiger partial charge in [-0.05, 0) is 55.3 Å². The van der Waals surface area contributed by atoms with Crippen molar-refractivity contribution in [3.05, 3.63) is 71.4 Å². The molecule has 2 aromatic heterocycles. The minimum absolute atomic E-state index is 0.172. The topological polar surface area (TPSA) is 69.0 Å². The first-order valence-electron chi connectivity index (χ1n) is 9.89. The molecule has 0 unspecified atom stereocenters. The molecule has 0 aliphatic heterocycles. The average Bonchev–Trinajstić information content (AvgIpc) is 3.07. The minimum atomic E-state index is -0.172. The number of carbonyl (C=O) groups excluding carboxylic acids is 1. The average molecular weight is 400 g/mol. The lowest BCUT2D eigenvalue weighted by Gasteiger charge is -2.12. The number of aromatic nitrogens is 3.